The summed E-state index contributed by atoms with van der Waals surface area (Å²) < 4.78 is 24.4. The number of methoxy groups -OCH3 is 1. The van der Waals surface area contributed by atoms with Gasteiger partial charge in [-0.05, 0) is 68.1 Å². The molecule has 0 aromatic heterocycles. The Morgan fingerprint density at radius 1 is 1.28 bits per heavy atom. The van der Waals surface area contributed by atoms with Gasteiger partial charge in [-0.1, -0.05) is 36.6 Å². The monoisotopic (exact) mass is 499 g/mol. The van der Waals surface area contributed by atoms with Gasteiger partial charge >= 0.3 is 13.2 Å². The first-order valence-electron chi connectivity index (χ1n) is 12.3. The minimum absolute atomic E-state index is 0.169. The average Bonchev–Trinajstić information content (AvgIpc) is 3.08. The molecular formula is C26H31BFNO7. The molecule has 3 amide bonds. The van der Waals surface area contributed by atoms with Gasteiger partial charge in [0.2, 0.25) is 11.8 Å². The van der Waals surface area contributed by atoms with E-state index in [2.05, 4.69) is 4.74 Å². The molecule has 2 saturated heterocycles. The lowest BCUT2D eigenvalue weighted by atomic mass is 9.58. The van der Waals surface area contributed by atoms with Crippen LogP contribution in [0.1, 0.15) is 51.5 Å². The highest BCUT2D eigenvalue weighted by atomic mass is 19.1. The van der Waals surface area contributed by atoms with Crippen LogP contribution in [0.3, 0.4) is 0 Å². The van der Waals surface area contributed by atoms with E-state index in [0.29, 0.717) is 29.7 Å². The Morgan fingerprint density at radius 2 is 2.03 bits per heavy atom. The maximum absolute atomic E-state index is 13.8. The van der Waals surface area contributed by atoms with Gasteiger partial charge in [0.25, 0.3) is 0 Å². The molecule has 1 aliphatic carbocycles. The van der Waals surface area contributed by atoms with E-state index in [1.807, 2.05) is 19.9 Å². The summed E-state index contributed by atoms with van der Waals surface area (Å²) in [4.78, 5) is 38.7. The number of aromatic hydroxyl groups is 1. The minimum atomic E-state index is -1.10. The van der Waals surface area contributed by atoms with E-state index < -0.39 is 60.5 Å². The summed E-state index contributed by atoms with van der Waals surface area (Å²) in [6, 6.07) is 4.25. The normalized spacial score (nSPS) is 26.3. The third-order valence-electron chi connectivity index (χ3n) is 7.45. The summed E-state index contributed by atoms with van der Waals surface area (Å²) in [6.45, 7) is 3.96. The molecule has 4 rings (SSSR count). The second-order valence-electron chi connectivity index (χ2n) is 9.78. The Kier molecular flexibility index (Phi) is 7.66. The van der Waals surface area contributed by atoms with Crippen LogP contribution in [0.5, 0.6) is 5.75 Å². The summed E-state index contributed by atoms with van der Waals surface area (Å²) in [5.74, 6) is -4.02. The van der Waals surface area contributed by atoms with E-state index in [1.165, 1.54) is 12.1 Å². The molecule has 2 heterocycles. The standard InChI is InChI=1S/C26H31BFNO7/c1-4-5-15(11-16-6-8-20(30)19(28)12-16)7-9-21-22-14(2)10-17-23(18(22)13-27(34)36-21)25(32)29(24(17)31)26(33)35-3/h6,8,11-12,17-18,21,23,30,34H,4-5,7,9-10,13H2,1-3H3/b15-11+/t17-,18+,21-,23-/m1/s1. The fraction of sp³-hybridized carbons (Fsp3) is 0.500. The Hall–Kier alpha value is -2.98. The molecule has 8 nitrogen and oxygen atoms in total. The van der Waals surface area contributed by atoms with Crippen molar-refractivity contribution in [1.82, 2.24) is 4.90 Å². The van der Waals surface area contributed by atoms with Gasteiger partial charge in [0, 0.05) is 0 Å². The number of halogens is 1. The number of hydrogen-bond donors (Lipinski definition) is 2. The zero-order valence-corrected chi connectivity index (χ0v) is 20.7. The number of benzene rings is 1. The van der Waals surface area contributed by atoms with Crippen LogP contribution in [0.4, 0.5) is 9.18 Å². The first-order valence-corrected chi connectivity index (χ1v) is 12.3. The Balaban J connectivity index is 1.58. The lowest BCUT2D eigenvalue weighted by Crippen LogP contribution is -2.46. The number of rotatable bonds is 6. The third kappa shape index (κ3) is 4.84. The number of phenols is 1. The number of imide groups is 3. The van der Waals surface area contributed by atoms with Crippen molar-refractivity contribution in [3.63, 3.8) is 0 Å². The largest absolute Gasteiger partial charge is 0.505 e. The van der Waals surface area contributed by atoms with Crippen molar-refractivity contribution in [3.05, 3.63) is 46.3 Å². The van der Waals surface area contributed by atoms with Gasteiger partial charge in [-0.15, -0.1) is 0 Å². The van der Waals surface area contributed by atoms with Crippen LogP contribution in [-0.4, -0.2) is 53.3 Å². The number of nitrogens with zero attached hydrogens (tertiary/aromatic N) is 1. The first-order chi connectivity index (χ1) is 17.2. The molecular weight excluding hydrogens is 468 g/mol. The van der Waals surface area contributed by atoms with Gasteiger partial charge in [-0.2, -0.15) is 4.90 Å². The first kappa shape index (κ1) is 26.1. The van der Waals surface area contributed by atoms with Gasteiger partial charge in [0.15, 0.2) is 11.6 Å². The van der Waals surface area contributed by atoms with E-state index in [0.717, 1.165) is 36.7 Å². The molecule has 192 valence electrons. The molecule has 0 saturated carbocycles. The second-order valence-corrected chi connectivity index (χ2v) is 9.78. The fourth-order valence-electron chi connectivity index (χ4n) is 5.95. The molecule has 2 N–H and O–H groups in total. The summed E-state index contributed by atoms with van der Waals surface area (Å²) in [6.07, 6.45) is 3.79. The SMILES string of the molecule is CCC/C(=C\c1ccc(O)c(F)c1)CC[C@H]1OB(O)C[C@H]2C1=C(C)C[C@H]1C(=O)N(C(=O)OC)C(=O)[C@H]12. The number of ether oxygens (including phenoxy) is 1. The highest BCUT2D eigenvalue weighted by Gasteiger charge is 2.58. The molecule has 1 aromatic rings. The molecule has 0 bridgehead atoms. The van der Waals surface area contributed by atoms with Crippen molar-refractivity contribution in [2.45, 2.75) is 58.4 Å². The van der Waals surface area contributed by atoms with Crippen molar-refractivity contribution in [3.8, 4) is 5.75 Å². The van der Waals surface area contributed by atoms with E-state index in [4.69, 9.17) is 4.65 Å². The number of allylic oxidation sites excluding steroid dienone is 2. The van der Waals surface area contributed by atoms with Crippen LogP contribution in [-0.2, 0) is 19.0 Å². The van der Waals surface area contributed by atoms with Crippen LogP contribution in [0.2, 0.25) is 6.32 Å². The predicted octanol–water partition coefficient (Wildman–Crippen LogP) is 4.08. The molecule has 2 fully saturated rings. The molecule has 36 heavy (non-hydrogen) atoms. The van der Waals surface area contributed by atoms with Crippen LogP contribution in [0.15, 0.2) is 34.9 Å². The van der Waals surface area contributed by atoms with Gasteiger partial charge in [-0.3, -0.25) is 9.59 Å². The maximum atomic E-state index is 13.8. The van der Waals surface area contributed by atoms with E-state index in [1.54, 1.807) is 6.07 Å². The van der Waals surface area contributed by atoms with Crippen molar-refractivity contribution < 1.29 is 38.3 Å². The highest BCUT2D eigenvalue weighted by molar-refractivity contribution is 6.43. The number of hydrogen-bond acceptors (Lipinski definition) is 7. The molecule has 2 aliphatic heterocycles. The van der Waals surface area contributed by atoms with E-state index in [9.17, 15) is 28.9 Å². The van der Waals surface area contributed by atoms with Crippen LogP contribution in [0.25, 0.3) is 6.08 Å². The number of phenolic OH excluding ortho intramolecular Hbond substituents is 1. The van der Waals surface area contributed by atoms with Crippen LogP contribution in [0, 0.1) is 23.6 Å². The van der Waals surface area contributed by atoms with Gasteiger partial charge in [0.05, 0.1) is 25.0 Å². The van der Waals surface area contributed by atoms with E-state index in [-0.39, 0.29) is 6.32 Å². The fourth-order valence-corrected chi connectivity index (χ4v) is 5.95. The quantitative estimate of drug-likeness (QED) is 0.345. The lowest BCUT2D eigenvalue weighted by Gasteiger charge is -2.42. The Labute approximate surface area is 209 Å². The third-order valence-corrected chi connectivity index (χ3v) is 7.45. The van der Waals surface area contributed by atoms with Gasteiger partial charge in [-0.25, -0.2) is 9.18 Å². The zero-order chi connectivity index (χ0) is 26.1. The van der Waals surface area contributed by atoms with Crippen molar-refractivity contribution in [2.75, 3.05) is 7.11 Å². The topological polar surface area (TPSA) is 113 Å². The molecule has 1 aromatic carbocycles. The smallest absolute Gasteiger partial charge is 0.455 e. The van der Waals surface area contributed by atoms with Crippen LogP contribution >= 0.6 is 0 Å². The summed E-state index contributed by atoms with van der Waals surface area (Å²) in [5.41, 5.74) is 3.57. The zero-order valence-electron chi connectivity index (χ0n) is 20.7. The number of carbonyl (C=O) groups excluding carboxylic acids is 3. The number of amides is 3. The van der Waals surface area contributed by atoms with Gasteiger partial charge < -0.3 is 19.5 Å². The number of carbonyl (C=O) groups is 3. The van der Waals surface area contributed by atoms with Crippen molar-refractivity contribution in [2.24, 2.45) is 17.8 Å². The van der Waals surface area contributed by atoms with Crippen LogP contribution < -0.4 is 0 Å². The summed E-state index contributed by atoms with van der Waals surface area (Å²) in [7, 11) is 0.0253. The van der Waals surface area contributed by atoms with Gasteiger partial charge in [0.1, 0.15) is 0 Å². The summed E-state index contributed by atoms with van der Waals surface area (Å²) in [5, 5.41) is 20.0. The molecule has 0 unspecified atom stereocenters. The molecule has 3 aliphatic rings. The van der Waals surface area contributed by atoms with Crippen molar-refractivity contribution >= 4 is 31.1 Å². The molecule has 10 heteroatoms. The highest BCUT2D eigenvalue weighted by Crippen LogP contribution is 2.50. The minimum Gasteiger partial charge on any atom is -0.505 e. The molecule has 4 atom stereocenters. The van der Waals surface area contributed by atoms with Crippen molar-refractivity contribution in [1.29, 1.82) is 0 Å². The summed E-state index contributed by atoms with van der Waals surface area (Å²) >= 11 is 0. The predicted molar refractivity (Wildman–Crippen MR) is 130 cm³/mol. The van der Waals surface area contributed by atoms with E-state index >= 15 is 0 Å². The molecule has 0 radical (unpaired) electrons. The number of likely N-dealkylation sites (tertiary alicyclic amines) is 1. The second kappa shape index (κ2) is 10.6. The number of fused-ring (bicyclic) bond motifs is 3. The Morgan fingerprint density at radius 3 is 2.69 bits per heavy atom. The maximum Gasteiger partial charge on any atom is 0.455 e. The lowest BCUT2D eigenvalue weighted by molar-refractivity contribution is -0.137. The molecule has 0 spiro atoms. The Bertz CT molecular complexity index is 1130. The average molecular weight is 499 g/mol.